The standard InChI is InChI=1S/C25H14Cl3FN6O2.C24H14Cl2FN7O2/c26-15-7-13(11-30)8-16(10-15)36-23-19(28)6-5-14(22(23)29)9-21-32-33-25(37-21)17-12-35(34-24(17)31)20-4-2-1-3-18(20)27;25-15-7-13(11-28)8-16(10-15)35-22-18(26)5-4-14(21(22)27)9-20-32-33-24(36-20)17-12-31-34(23(17)29)19-3-1-2-6-30-19/h1-8,10,12H,9H2,(H2,31,34);1-8,10,12H,9,29H2. The second-order valence-corrected chi connectivity index (χ2v) is 17.3. The first-order valence-corrected chi connectivity index (χ1v) is 22.9. The van der Waals surface area contributed by atoms with Crippen LogP contribution in [-0.2, 0) is 12.8 Å². The molecule has 0 radical (unpaired) electrons. The summed E-state index contributed by atoms with van der Waals surface area (Å²) in [4.78, 5) is 4.21. The zero-order valence-electron chi connectivity index (χ0n) is 36.8. The van der Waals surface area contributed by atoms with Crippen LogP contribution in [0.3, 0.4) is 0 Å². The zero-order chi connectivity index (χ0) is 51.3. The molecule has 5 aromatic carbocycles. The summed E-state index contributed by atoms with van der Waals surface area (Å²) in [6.07, 6.45) is 4.62. The van der Waals surface area contributed by atoms with Crippen LogP contribution in [0.2, 0.25) is 25.1 Å². The van der Waals surface area contributed by atoms with Gasteiger partial charge in [-0.25, -0.2) is 18.4 Å². The van der Waals surface area contributed by atoms with Gasteiger partial charge in [0.25, 0.3) is 11.8 Å². The van der Waals surface area contributed by atoms with E-state index in [2.05, 4.69) is 35.6 Å². The summed E-state index contributed by atoms with van der Waals surface area (Å²) in [5.74, 6) is -0.131. The first-order valence-electron chi connectivity index (χ1n) is 21.0. The number of ether oxygens (including phenoxy) is 2. The fourth-order valence-corrected chi connectivity index (χ4v) is 7.95. The van der Waals surface area contributed by atoms with E-state index in [1.54, 1.807) is 48.8 Å². The molecule has 4 N–H and O–H groups in total. The minimum atomic E-state index is -0.725. The zero-order valence-corrected chi connectivity index (χ0v) is 40.6. The first kappa shape index (κ1) is 49.4. The molecule has 0 spiro atoms. The maximum atomic E-state index is 15.4. The highest BCUT2D eigenvalue weighted by molar-refractivity contribution is 6.33. The maximum Gasteiger partial charge on any atom is 0.253 e. The van der Waals surface area contributed by atoms with Crippen LogP contribution in [0.15, 0.2) is 131 Å². The van der Waals surface area contributed by atoms with Crippen LogP contribution in [0.1, 0.15) is 34.0 Å². The Morgan fingerprint density at radius 2 is 1.18 bits per heavy atom. The maximum absolute atomic E-state index is 15.4. The van der Waals surface area contributed by atoms with Crippen molar-refractivity contribution in [3.63, 3.8) is 0 Å². The Hall–Kier alpha value is -8.56. The third-order valence-electron chi connectivity index (χ3n) is 10.3. The predicted octanol–water partition coefficient (Wildman–Crippen LogP) is 12.5. The summed E-state index contributed by atoms with van der Waals surface area (Å²) < 4.78 is 56.4. The van der Waals surface area contributed by atoms with Gasteiger partial charge in [0.1, 0.15) is 28.4 Å². The van der Waals surface area contributed by atoms with Gasteiger partial charge in [-0.05, 0) is 72.8 Å². The molecule has 10 aromatic rings. The third kappa shape index (κ3) is 11.0. The van der Waals surface area contributed by atoms with Crippen LogP contribution in [0.4, 0.5) is 20.4 Å². The van der Waals surface area contributed by atoms with Gasteiger partial charge in [0.05, 0.1) is 63.1 Å². The summed E-state index contributed by atoms with van der Waals surface area (Å²) in [6.45, 7) is 0. The van der Waals surface area contributed by atoms with E-state index in [-0.39, 0.29) is 113 Å². The summed E-state index contributed by atoms with van der Waals surface area (Å²) in [6, 6.07) is 31.0. The molecule has 5 aromatic heterocycles. The highest BCUT2D eigenvalue weighted by Gasteiger charge is 2.23. The number of aromatic nitrogens is 9. The van der Waals surface area contributed by atoms with Crippen molar-refractivity contribution in [2.45, 2.75) is 12.8 Å². The lowest BCUT2D eigenvalue weighted by Gasteiger charge is -2.11. The van der Waals surface area contributed by atoms with Gasteiger partial charge in [-0.15, -0.1) is 25.5 Å². The van der Waals surface area contributed by atoms with Crippen molar-refractivity contribution >= 4 is 69.6 Å². The number of pyridine rings is 1. The van der Waals surface area contributed by atoms with Gasteiger partial charge in [0.2, 0.25) is 11.8 Å². The molecular weight excluding hydrogens is 1050 g/mol. The molecule has 362 valence electrons. The Balaban J connectivity index is 0.000000180. The first-order chi connectivity index (χ1) is 35.2. The van der Waals surface area contributed by atoms with E-state index < -0.39 is 11.6 Å². The van der Waals surface area contributed by atoms with Crippen molar-refractivity contribution in [1.82, 2.24) is 44.9 Å². The molecule has 0 saturated heterocycles. The van der Waals surface area contributed by atoms with Crippen LogP contribution >= 0.6 is 58.0 Å². The lowest BCUT2D eigenvalue weighted by Crippen LogP contribution is -2.03. The Bertz CT molecular complexity index is 3780. The number of rotatable bonds is 12. The van der Waals surface area contributed by atoms with Crippen LogP contribution in [-0.4, -0.2) is 44.9 Å². The van der Waals surface area contributed by atoms with Crippen LogP contribution in [0, 0.1) is 34.3 Å². The molecule has 5 heterocycles. The minimum Gasteiger partial charge on any atom is -0.453 e. The van der Waals surface area contributed by atoms with Gasteiger partial charge in [0, 0.05) is 33.6 Å². The normalized spacial score (nSPS) is 10.9. The van der Waals surface area contributed by atoms with E-state index in [0.29, 0.717) is 27.7 Å². The molecule has 0 fully saturated rings. The molecule has 73 heavy (non-hydrogen) atoms. The fourth-order valence-electron chi connectivity index (χ4n) is 6.91. The van der Waals surface area contributed by atoms with Gasteiger partial charge in [-0.2, -0.15) is 20.3 Å². The predicted molar refractivity (Wildman–Crippen MR) is 266 cm³/mol. The van der Waals surface area contributed by atoms with Gasteiger partial charge < -0.3 is 29.8 Å². The summed E-state index contributed by atoms with van der Waals surface area (Å²) in [5, 5.41) is 43.9. The number of benzene rings is 5. The quantitative estimate of drug-likeness (QED) is 0.115. The number of nitriles is 2. The van der Waals surface area contributed by atoms with Crippen molar-refractivity contribution in [2.24, 2.45) is 0 Å². The highest BCUT2D eigenvalue weighted by Crippen LogP contribution is 2.38. The van der Waals surface area contributed by atoms with Gasteiger partial charge in [-0.1, -0.05) is 88.3 Å². The minimum absolute atomic E-state index is 0.0331. The molecule has 0 aliphatic rings. The average molecular weight is 1080 g/mol. The van der Waals surface area contributed by atoms with E-state index in [1.165, 1.54) is 76.2 Å². The van der Waals surface area contributed by atoms with Gasteiger partial charge in [-0.3, -0.25) is 0 Å². The lowest BCUT2D eigenvalue weighted by atomic mass is 10.1. The summed E-state index contributed by atoms with van der Waals surface area (Å²) in [7, 11) is 0. The van der Waals surface area contributed by atoms with Crippen LogP contribution in [0.25, 0.3) is 34.4 Å². The Morgan fingerprint density at radius 1 is 0.630 bits per heavy atom. The lowest BCUT2D eigenvalue weighted by molar-refractivity contribution is 0.437. The second-order valence-electron chi connectivity index (χ2n) is 15.2. The smallest absolute Gasteiger partial charge is 0.253 e. The molecule has 0 unspecified atom stereocenters. The van der Waals surface area contributed by atoms with E-state index in [1.807, 2.05) is 18.2 Å². The Labute approximate surface area is 436 Å². The highest BCUT2D eigenvalue weighted by atomic mass is 35.5. The van der Waals surface area contributed by atoms with Crippen molar-refractivity contribution in [3.8, 4) is 69.6 Å². The average Bonchev–Trinajstić information content (AvgIpc) is 4.21. The molecule has 10 rings (SSSR count). The molecular formula is C49H28Cl5F2N13O4. The van der Waals surface area contributed by atoms with Crippen LogP contribution in [0.5, 0.6) is 23.0 Å². The van der Waals surface area contributed by atoms with E-state index in [4.69, 9.17) is 98.3 Å². The molecule has 0 aliphatic heterocycles. The number of para-hydroxylation sites is 1. The van der Waals surface area contributed by atoms with Crippen molar-refractivity contribution in [3.05, 3.63) is 193 Å². The fraction of sp³-hybridized carbons (Fsp3) is 0.0408. The molecule has 0 aliphatic carbocycles. The van der Waals surface area contributed by atoms with Crippen molar-refractivity contribution in [1.29, 1.82) is 10.5 Å². The number of hydrogen-bond acceptors (Lipinski definition) is 15. The summed E-state index contributed by atoms with van der Waals surface area (Å²) in [5.41, 5.74) is 14.6. The number of hydrogen-bond donors (Lipinski definition) is 2. The van der Waals surface area contributed by atoms with E-state index in [9.17, 15) is 0 Å². The molecule has 0 atom stereocenters. The number of halogens is 7. The Kier molecular flexibility index (Phi) is 14.5. The molecule has 24 heteroatoms. The van der Waals surface area contributed by atoms with Gasteiger partial charge in [0.15, 0.2) is 34.8 Å². The third-order valence-corrected chi connectivity index (χ3v) is 11.6. The number of nitrogen functional groups attached to an aromatic ring is 2. The van der Waals surface area contributed by atoms with Crippen LogP contribution < -0.4 is 20.9 Å². The monoisotopic (exact) mass is 1080 g/mol. The van der Waals surface area contributed by atoms with Crippen molar-refractivity contribution in [2.75, 3.05) is 11.5 Å². The van der Waals surface area contributed by atoms with E-state index >= 15 is 8.78 Å². The van der Waals surface area contributed by atoms with Crippen molar-refractivity contribution < 1.29 is 27.1 Å². The summed E-state index contributed by atoms with van der Waals surface area (Å²) >= 11 is 30.6. The van der Waals surface area contributed by atoms with Gasteiger partial charge >= 0.3 is 0 Å². The number of anilines is 2. The van der Waals surface area contributed by atoms with E-state index in [0.717, 1.165) is 0 Å². The Morgan fingerprint density at radius 3 is 1.71 bits per heavy atom. The largest absolute Gasteiger partial charge is 0.453 e. The molecule has 17 nitrogen and oxygen atoms in total. The molecule has 0 bridgehead atoms. The molecule has 0 saturated carbocycles. The topological polar surface area (TPSA) is 244 Å². The number of nitrogens with zero attached hydrogens (tertiary/aromatic N) is 11. The SMILES string of the molecule is N#Cc1cc(Cl)cc(Oc2c(Cl)ccc(Cc3nnc(-c4cn(-c5ccccc5Cl)nc4N)o3)c2F)c1.N#Cc1cc(Cl)cc(Oc2c(Cl)ccc(Cc3nnc(-c4cnn(-c5ccccn5)c4N)o3)c2F)c1. The second kappa shape index (κ2) is 21.4. The molecule has 0 amide bonds. The number of nitrogens with two attached hydrogens (primary N) is 2.